The van der Waals surface area contributed by atoms with Crippen LogP contribution in [0.3, 0.4) is 0 Å². The third-order valence-electron chi connectivity index (χ3n) is 2.49. The zero-order chi connectivity index (χ0) is 11.4. The summed E-state index contributed by atoms with van der Waals surface area (Å²) < 4.78 is 5.50. The summed E-state index contributed by atoms with van der Waals surface area (Å²) in [6, 6.07) is 3.56. The van der Waals surface area contributed by atoms with Crippen LogP contribution < -0.4 is 10.6 Å². The summed E-state index contributed by atoms with van der Waals surface area (Å²) in [6.07, 6.45) is 3.26. The zero-order valence-corrected chi connectivity index (χ0v) is 9.19. The first-order chi connectivity index (χ1) is 7.68. The van der Waals surface area contributed by atoms with Crippen molar-refractivity contribution in [1.82, 2.24) is 10.3 Å². The van der Waals surface area contributed by atoms with Gasteiger partial charge >= 0.3 is 0 Å². The van der Waals surface area contributed by atoms with Crippen LogP contribution in [-0.2, 0) is 9.53 Å². The minimum absolute atomic E-state index is 0.0765. The number of ether oxygens (including phenoxy) is 1. The summed E-state index contributed by atoms with van der Waals surface area (Å²) in [5, 5.41) is 5.82. The number of hydrogen-bond donors (Lipinski definition) is 2. The SMILES string of the molecule is CC1(OCC(=O)Nc2cccnc2)CNC1. The van der Waals surface area contributed by atoms with Crippen LogP contribution in [0.4, 0.5) is 5.69 Å². The summed E-state index contributed by atoms with van der Waals surface area (Å²) in [4.78, 5) is 15.4. The Bertz CT molecular complexity index is 363. The summed E-state index contributed by atoms with van der Waals surface area (Å²) in [5.41, 5.74) is 0.500. The highest BCUT2D eigenvalue weighted by atomic mass is 16.5. The molecule has 86 valence electrons. The van der Waals surface area contributed by atoms with Gasteiger partial charge in [-0.15, -0.1) is 0 Å². The van der Waals surface area contributed by atoms with Gasteiger partial charge in [-0.1, -0.05) is 0 Å². The van der Waals surface area contributed by atoms with E-state index in [0.29, 0.717) is 5.69 Å². The van der Waals surface area contributed by atoms with Crippen molar-refractivity contribution in [2.24, 2.45) is 0 Å². The number of hydrogen-bond acceptors (Lipinski definition) is 4. The maximum atomic E-state index is 11.5. The fourth-order valence-electron chi connectivity index (χ4n) is 1.45. The number of rotatable bonds is 4. The third kappa shape index (κ3) is 2.77. The second kappa shape index (κ2) is 4.59. The Morgan fingerprint density at radius 2 is 2.50 bits per heavy atom. The molecule has 0 atom stereocenters. The molecule has 0 unspecified atom stereocenters. The Morgan fingerprint density at radius 3 is 3.06 bits per heavy atom. The number of carbonyl (C=O) groups excluding carboxylic acids is 1. The van der Waals surface area contributed by atoms with Crippen LogP contribution >= 0.6 is 0 Å². The fourth-order valence-corrected chi connectivity index (χ4v) is 1.45. The Balaban J connectivity index is 1.76. The van der Waals surface area contributed by atoms with Crippen molar-refractivity contribution in [3.63, 3.8) is 0 Å². The standard InChI is InChI=1S/C11H15N3O2/c1-11(7-13-8-11)16-6-10(15)14-9-3-2-4-12-5-9/h2-5,13H,6-8H2,1H3,(H,14,15). The molecule has 0 saturated carbocycles. The van der Waals surface area contributed by atoms with E-state index in [-0.39, 0.29) is 18.1 Å². The molecule has 2 rings (SSSR count). The summed E-state index contributed by atoms with van der Waals surface area (Å²) in [7, 11) is 0. The van der Waals surface area contributed by atoms with Gasteiger partial charge < -0.3 is 15.4 Å². The van der Waals surface area contributed by atoms with E-state index in [1.807, 2.05) is 6.92 Å². The normalized spacial score (nSPS) is 17.6. The van der Waals surface area contributed by atoms with Crippen molar-refractivity contribution in [1.29, 1.82) is 0 Å². The number of amides is 1. The Labute approximate surface area is 94.2 Å². The lowest BCUT2D eigenvalue weighted by atomic mass is 10.0. The first-order valence-corrected chi connectivity index (χ1v) is 5.23. The van der Waals surface area contributed by atoms with Crippen LogP contribution in [0, 0.1) is 0 Å². The van der Waals surface area contributed by atoms with E-state index in [1.165, 1.54) is 0 Å². The number of nitrogens with one attached hydrogen (secondary N) is 2. The van der Waals surface area contributed by atoms with Gasteiger partial charge in [-0.25, -0.2) is 0 Å². The number of nitrogens with zero attached hydrogens (tertiary/aromatic N) is 1. The van der Waals surface area contributed by atoms with Crippen LogP contribution in [0.1, 0.15) is 6.92 Å². The van der Waals surface area contributed by atoms with E-state index in [9.17, 15) is 4.79 Å². The predicted octanol–water partition coefficient (Wildman–Crippen LogP) is 0.399. The summed E-state index contributed by atoms with van der Waals surface area (Å²) in [5.74, 6) is -0.152. The van der Waals surface area contributed by atoms with E-state index < -0.39 is 0 Å². The predicted molar refractivity (Wildman–Crippen MR) is 60.1 cm³/mol. The summed E-state index contributed by atoms with van der Waals surface area (Å²) in [6.45, 7) is 3.66. The maximum Gasteiger partial charge on any atom is 0.250 e. The van der Waals surface area contributed by atoms with Crippen molar-refractivity contribution >= 4 is 11.6 Å². The highest BCUT2D eigenvalue weighted by Crippen LogP contribution is 2.14. The molecule has 1 aromatic heterocycles. The monoisotopic (exact) mass is 221 g/mol. The molecule has 1 amide bonds. The molecule has 0 aromatic carbocycles. The molecule has 1 aliphatic heterocycles. The lowest BCUT2D eigenvalue weighted by Crippen LogP contribution is -2.59. The van der Waals surface area contributed by atoms with E-state index in [4.69, 9.17) is 4.74 Å². The van der Waals surface area contributed by atoms with E-state index in [0.717, 1.165) is 13.1 Å². The second-order valence-electron chi connectivity index (χ2n) is 4.13. The average molecular weight is 221 g/mol. The van der Waals surface area contributed by atoms with Crippen molar-refractivity contribution < 1.29 is 9.53 Å². The molecule has 5 nitrogen and oxygen atoms in total. The van der Waals surface area contributed by atoms with Crippen LogP contribution in [0.5, 0.6) is 0 Å². The quantitative estimate of drug-likeness (QED) is 0.772. The first kappa shape index (κ1) is 11.0. The van der Waals surface area contributed by atoms with Gasteiger partial charge in [-0.2, -0.15) is 0 Å². The first-order valence-electron chi connectivity index (χ1n) is 5.23. The van der Waals surface area contributed by atoms with Gasteiger partial charge in [0.25, 0.3) is 0 Å². The molecular weight excluding hydrogens is 206 g/mol. The van der Waals surface area contributed by atoms with Gasteiger partial charge in [0.15, 0.2) is 0 Å². The Morgan fingerprint density at radius 1 is 1.69 bits per heavy atom. The van der Waals surface area contributed by atoms with Crippen LogP contribution in [0.2, 0.25) is 0 Å². The van der Waals surface area contributed by atoms with Gasteiger partial charge in [0, 0.05) is 19.3 Å². The largest absolute Gasteiger partial charge is 0.363 e. The lowest BCUT2D eigenvalue weighted by Gasteiger charge is -2.38. The highest BCUT2D eigenvalue weighted by molar-refractivity contribution is 5.91. The average Bonchev–Trinajstić information content (AvgIpc) is 2.25. The minimum atomic E-state index is -0.188. The number of pyridine rings is 1. The minimum Gasteiger partial charge on any atom is -0.363 e. The van der Waals surface area contributed by atoms with Crippen LogP contribution in [-0.4, -0.2) is 36.2 Å². The van der Waals surface area contributed by atoms with E-state index >= 15 is 0 Å². The smallest absolute Gasteiger partial charge is 0.250 e. The van der Waals surface area contributed by atoms with E-state index in [1.54, 1.807) is 24.5 Å². The molecule has 5 heteroatoms. The highest BCUT2D eigenvalue weighted by Gasteiger charge is 2.32. The van der Waals surface area contributed by atoms with Gasteiger partial charge in [-0.05, 0) is 19.1 Å². The molecule has 16 heavy (non-hydrogen) atoms. The van der Waals surface area contributed by atoms with Gasteiger partial charge in [0.05, 0.1) is 17.5 Å². The van der Waals surface area contributed by atoms with E-state index in [2.05, 4.69) is 15.6 Å². The summed E-state index contributed by atoms with van der Waals surface area (Å²) >= 11 is 0. The number of anilines is 1. The van der Waals surface area contributed by atoms with Gasteiger partial charge in [0.1, 0.15) is 6.61 Å². The fraction of sp³-hybridized carbons (Fsp3) is 0.455. The van der Waals surface area contributed by atoms with Crippen LogP contribution in [0.15, 0.2) is 24.5 Å². The molecule has 1 saturated heterocycles. The molecule has 0 aliphatic carbocycles. The van der Waals surface area contributed by atoms with Gasteiger partial charge in [0.2, 0.25) is 5.91 Å². The third-order valence-corrected chi connectivity index (χ3v) is 2.49. The number of aromatic nitrogens is 1. The Kier molecular flexibility index (Phi) is 3.17. The topological polar surface area (TPSA) is 63.2 Å². The van der Waals surface area contributed by atoms with Crippen molar-refractivity contribution in [2.45, 2.75) is 12.5 Å². The molecule has 2 heterocycles. The van der Waals surface area contributed by atoms with Crippen LogP contribution in [0.25, 0.3) is 0 Å². The zero-order valence-electron chi connectivity index (χ0n) is 9.19. The van der Waals surface area contributed by atoms with Crippen molar-refractivity contribution in [3.05, 3.63) is 24.5 Å². The molecule has 0 radical (unpaired) electrons. The van der Waals surface area contributed by atoms with Crippen molar-refractivity contribution in [3.8, 4) is 0 Å². The molecule has 1 aliphatic rings. The lowest BCUT2D eigenvalue weighted by molar-refractivity contribution is -0.130. The molecule has 1 fully saturated rings. The maximum absolute atomic E-state index is 11.5. The molecule has 2 N–H and O–H groups in total. The second-order valence-corrected chi connectivity index (χ2v) is 4.13. The number of carbonyl (C=O) groups is 1. The Hall–Kier alpha value is -1.46. The van der Waals surface area contributed by atoms with Gasteiger partial charge in [-0.3, -0.25) is 9.78 Å². The molecule has 1 aromatic rings. The molecular formula is C11H15N3O2. The molecule has 0 spiro atoms. The van der Waals surface area contributed by atoms with Crippen molar-refractivity contribution in [2.75, 3.05) is 25.0 Å². The molecule has 0 bridgehead atoms.